The van der Waals surface area contributed by atoms with Gasteiger partial charge in [0, 0.05) is 31.5 Å². The molecule has 0 atom stereocenters. The van der Waals surface area contributed by atoms with Gasteiger partial charge in [-0.05, 0) is 31.4 Å². The zero-order valence-electron chi connectivity index (χ0n) is 9.72. The maximum absolute atomic E-state index is 10.8. The minimum absolute atomic E-state index is 0.259. The van der Waals surface area contributed by atoms with Crippen LogP contribution in [0.1, 0.15) is 29.6 Å². The van der Waals surface area contributed by atoms with Gasteiger partial charge in [-0.15, -0.1) is 0 Å². The molecule has 0 saturated carbocycles. The number of benzene rings is 1. The average molecular weight is 221 g/mol. The van der Waals surface area contributed by atoms with Crippen molar-refractivity contribution in [3.05, 3.63) is 29.8 Å². The number of anilines is 1. The maximum Gasteiger partial charge on any atom is 0.152 e. The van der Waals surface area contributed by atoms with Crippen molar-refractivity contribution in [2.75, 3.05) is 25.1 Å². The summed E-state index contributed by atoms with van der Waals surface area (Å²) in [5, 5.41) is 8.67. The molecule has 3 heteroatoms. The Morgan fingerprint density at radius 1 is 1.25 bits per heavy atom. The minimum atomic E-state index is 0.259. The van der Waals surface area contributed by atoms with Crippen molar-refractivity contribution in [3.63, 3.8) is 0 Å². The lowest BCUT2D eigenvalue weighted by molar-refractivity contribution is 0.112. The topological polar surface area (TPSA) is 40.5 Å². The van der Waals surface area contributed by atoms with E-state index in [-0.39, 0.29) is 6.61 Å². The summed E-state index contributed by atoms with van der Waals surface area (Å²) in [6, 6.07) is 7.59. The van der Waals surface area contributed by atoms with Crippen LogP contribution in [0.15, 0.2) is 24.3 Å². The van der Waals surface area contributed by atoms with Crippen LogP contribution in [0.3, 0.4) is 0 Å². The molecule has 0 bridgehead atoms. The number of aliphatic hydroxyl groups excluding tert-OH is 1. The van der Waals surface area contributed by atoms with Gasteiger partial charge in [0.2, 0.25) is 0 Å². The Morgan fingerprint density at radius 2 is 2.00 bits per heavy atom. The highest BCUT2D eigenvalue weighted by Crippen LogP contribution is 2.17. The number of carbonyl (C=O) groups is 1. The first kappa shape index (κ1) is 12.7. The number of hydrogen-bond acceptors (Lipinski definition) is 3. The first-order valence-corrected chi connectivity index (χ1v) is 5.66. The van der Waals surface area contributed by atoms with Crippen molar-refractivity contribution in [3.8, 4) is 0 Å². The number of aliphatic hydroxyl groups is 1. The van der Waals surface area contributed by atoms with E-state index >= 15 is 0 Å². The Balaban J connectivity index is 2.51. The molecule has 1 N–H and O–H groups in total. The van der Waals surface area contributed by atoms with E-state index in [9.17, 15) is 4.79 Å². The molecule has 0 aliphatic heterocycles. The minimum Gasteiger partial charge on any atom is -0.396 e. The predicted octanol–water partition coefficient (Wildman–Crippen LogP) is 2.10. The fraction of sp³-hybridized carbons (Fsp3) is 0.462. The van der Waals surface area contributed by atoms with Gasteiger partial charge in [0.1, 0.15) is 0 Å². The standard InChI is InChI=1S/C13H19NO2/c1-14(9-5-2-6-10-15)13-8-4-3-7-12(13)11-16/h3-4,7-8,11,15H,2,5-6,9-10H2,1H3. The van der Waals surface area contributed by atoms with E-state index < -0.39 is 0 Å². The molecule has 0 saturated heterocycles. The lowest BCUT2D eigenvalue weighted by Crippen LogP contribution is -2.19. The van der Waals surface area contributed by atoms with Gasteiger partial charge >= 0.3 is 0 Å². The smallest absolute Gasteiger partial charge is 0.152 e. The van der Waals surface area contributed by atoms with Gasteiger partial charge < -0.3 is 10.0 Å². The molecule has 16 heavy (non-hydrogen) atoms. The molecule has 0 aliphatic carbocycles. The van der Waals surface area contributed by atoms with Crippen LogP contribution in [0.4, 0.5) is 5.69 Å². The number of hydrogen-bond donors (Lipinski definition) is 1. The van der Waals surface area contributed by atoms with E-state index in [0.717, 1.165) is 43.3 Å². The number of para-hydroxylation sites is 1. The third-order valence-corrected chi connectivity index (χ3v) is 2.63. The van der Waals surface area contributed by atoms with Crippen molar-refractivity contribution >= 4 is 12.0 Å². The number of rotatable bonds is 7. The van der Waals surface area contributed by atoms with E-state index in [2.05, 4.69) is 4.90 Å². The van der Waals surface area contributed by atoms with Gasteiger partial charge in [0.25, 0.3) is 0 Å². The summed E-state index contributed by atoms with van der Waals surface area (Å²) in [6.07, 6.45) is 3.79. The fourth-order valence-electron chi connectivity index (χ4n) is 1.69. The van der Waals surface area contributed by atoms with Crippen molar-refractivity contribution in [2.24, 2.45) is 0 Å². The lowest BCUT2D eigenvalue weighted by Gasteiger charge is -2.20. The quantitative estimate of drug-likeness (QED) is 0.566. The summed E-state index contributed by atoms with van der Waals surface area (Å²) in [5.41, 5.74) is 1.70. The number of unbranched alkanes of at least 4 members (excludes halogenated alkanes) is 2. The first-order valence-electron chi connectivity index (χ1n) is 5.66. The molecule has 0 aliphatic rings. The van der Waals surface area contributed by atoms with Crippen LogP contribution < -0.4 is 4.90 Å². The lowest BCUT2D eigenvalue weighted by atomic mass is 10.1. The molecule has 0 heterocycles. The third-order valence-electron chi connectivity index (χ3n) is 2.63. The fourth-order valence-corrected chi connectivity index (χ4v) is 1.69. The van der Waals surface area contributed by atoms with Crippen molar-refractivity contribution in [2.45, 2.75) is 19.3 Å². The number of carbonyl (C=O) groups excluding carboxylic acids is 1. The van der Waals surface area contributed by atoms with Gasteiger partial charge in [-0.3, -0.25) is 4.79 Å². The van der Waals surface area contributed by atoms with Crippen LogP contribution in [-0.4, -0.2) is 31.6 Å². The zero-order chi connectivity index (χ0) is 11.8. The van der Waals surface area contributed by atoms with Crippen LogP contribution in [0, 0.1) is 0 Å². The van der Waals surface area contributed by atoms with Crippen molar-refractivity contribution < 1.29 is 9.90 Å². The highest BCUT2D eigenvalue weighted by atomic mass is 16.2. The molecule has 1 rings (SSSR count). The summed E-state index contributed by atoms with van der Waals surface area (Å²) in [7, 11) is 1.99. The molecule has 0 fully saturated rings. The molecule has 0 amide bonds. The Morgan fingerprint density at radius 3 is 2.69 bits per heavy atom. The Hall–Kier alpha value is -1.35. The molecular weight excluding hydrogens is 202 g/mol. The van der Waals surface area contributed by atoms with Gasteiger partial charge in [0.15, 0.2) is 6.29 Å². The summed E-state index contributed by atoms with van der Waals surface area (Å²) in [5.74, 6) is 0. The molecule has 1 aromatic carbocycles. The summed E-state index contributed by atoms with van der Waals surface area (Å²) < 4.78 is 0. The Kier molecular flexibility index (Phi) is 5.57. The predicted molar refractivity (Wildman–Crippen MR) is 66.0 cm³/mol. The monoisotopic (exact) mass is 221 g/mol. The van der Waals surface area contributed by atoms with Crippen LogP contribution in [0.2, 0.25) is 0 Å². The van der Waals surface area contributed by atoms with Crippen LogP contribution in [0.25, 0.3) is 0 Å². The van der Waals surface area contributed by atoms with Crippen LogP contribution in [-0.2, 0) is 0 Å². The highest BCUT2D eigenvalue weighted by molar-refractivity contribution is 5.84. The van der Waals surface area contributed by atoms with Crippen molar-refractivity contribution in [1.29, 1.82) is 0 Å². The SMILES string of the molecule is CN(CCCCCO)c1ccccc1C=O. The zero-order valence-corrected chi connectivity index (χ0v) is 9.72. The van der Waals surface area contributed by atoms with Gasteiger partial charge in [-0.25, -0.2) is 0 Å². The number of aldehydes is 1. The maximum atomic E-state index is 10.8. The highest BCUT2D eigenvalue weighted by Gasteiger charge is 2.05. The van der Waals surface area contributed by atoms with E-state index in [4.69, 9.17) is 5.11 Å². The summed E-state index contributed by atoms with van der Waals surface area (Å²) >= 11 is 0. The Bertz CT molecular complexity index is 325. The van der Waals surface area contributed by atoms with Gasteiger partial charge in [0.05, 0.1) is 0 Å². The van der Waals surface area contributed by atoms with E-state index in [1.54, 1.807) is 0 Å². The molecule has 0 radical (unpaired) electrons. The molecule has 1 aromatic rings. The van der Waals surface area contributed by atoms with E-state index in [0.29, 0.717) is 0 Å². The molecule has 3 nitrogen and oxygen atoms in total. The second-order valence-electron chi connectivity index (χ2n) is 3.88. The largest absolute Gasteiger partial charge is 0.396 e. The van der Waals surface area contributed by atoms with Crippen LogP contribution in [0.5, 0.6) is 0 Å². The molecule has 0 unspecified atom stereocenters. The second-order valence-corrected chi connectivity index (χ2v) is 3.88. The van der Waals surface area contributed by atoms with Crippen molar-refractivity contribution in [1.82, 2.24) is 0 Å². The average Bonchev–Trinajstić information content (AvgIpc) is 2.34. The normalized spacial score (nSPS) is 10.1. The Labute approximate surface area is 96.7 Å². The van der Waals surface area contributed by atoms with E-state index in [1.165, 1.54) is 0 Å². The van der Waals surface area contributed by atoms with Gasteiger partial charge in [-0.1, -0.05) is 12.1 Å². The van der Waals surface area contributed by atoms with Gasteiger partial charge in [-0.2, -0.15) is 0 Å². The molecular formula is C13H19NO2. The third kappa shape index (κ3) is 3.66. The first-order chi connectivity index (χ1) is 7.79. The van der Waals surface area contributed by atoms with Crippen LogP contribution >= 0.6 is 0 Å². The number of nitrogens with zero attached hydrogens (tertiary/aromatic N) is 1. The van der Waals surface area contributed by atoms with E-state index in [1.807, 2.05) is 31.3 Å². The molecule has 0 spiro atoms. The summed E-state index contributed by atoms with van der Waals surface area (Å²) in [4.78, 5) is 12.9. The molecule has 88 valence electrons. The summed E-state index contributed by atoms with van der Waals surface area (Å²) in [6.45, 7) is 1.17. The second kappa shape index (κ2) is 7.01. The molecule has 0 aromatic heterocycles.